The Morgan fingerprint density at radius 2 is 2.00 bits per heavy atom. The third kappa shape index (κ3) is 2.14. The monoisotopic (exact) mass is 231 g/mol. The summed E-state index contributed by atoms with van der Waals surface area (Å²) < 4.78 is 2.13. The Kier molecular flexibility index (Phi) is 3.09. The van der Waals surface area contributed by atoms with Gasteiger partial charge in [-0.2, -0.15) is 0 Å². The Balaban J connectivity index is 2.47. The highest BCUT2D eigenvalue weighted by molar-refractivity contribution is 5.81. The minimum absolute atomic E-state index is 0.593. The molecule has 0 amide bonds. The Bertz CT molecular complexity index is 525. The van der Waals surface area contributed by atoms with Crippen molar-refractivity contribution >= 4 is 17.0 Å². The number of nitrogen functional groups attached to an aromatic ring is 1. The summed E-state index contributed by atoms with van der Waals surface area (Å²) in [6, 6.07) is 6.24. The Hall–Kier alpha value is -1.51. The van der Waals surface area contributed by atoms with Crippen molar-refractivity contribution in [2.45, 2.75) is 34.2 Å². The van der Waals surface area contributed by atoms with Gasteiger partial charge in [0, 0.05) is 6.54 Å². The van der Waals surface area contributed by atoms with Gasteiger partial charge in [-0.15, -0.1) is 0 Å². The van der Waals surface area contributed by atoms with Gasteiger partial charge in [-0.25, -0.2) is 4.98 Å². The second-order valence-electron chi connectivity index (χ2n) is 5.24. The van der Waals surface area contributed by atoms with Gasteiger partial charge in [0.15, 0.2) is 0 Å². The number of hydrogen-bond acceptors (Lipinski definition) is 2. The molecule has 3 nitrogen and oxygen atoms in total. The highest BCUT2D eigenvalue weighted by atomic mass is 15.2. The van der Waals surface area contributed by atoms with Crippen molar-refractivity contribution < 1.29 is 0 Å². The molecule has 2 N–H and O–H groups in total. The molecular formula is C14H21N3. The number of anilines is 1. The van der Waals surface area contributed by atoms with Crippen LogP contribution in [0.2, 0.25) is 0 Å². The first kappa shape index (κ1) is 12.0. The molecule has 92 valence electrons. The zero-order chi connectivity index (χ0) is 12.6. The van der Waals surface area contributed by atoms with E-state index >= 15 is 0 Å². The maximum Gasteiger partial charge on any atom is 0.201 e. The van der Waals surface area contributed by atoms with Gasteiger partial charge in [-0.3, -0.25) is 0 Å². The van der Waals surface area contributed by atoms with Crippen molar-refractivity contribution in [1.29, 1.82) is 0 Å². The van der Waals surface area contributed by atoms with Crippen LogP contribution < -0.4 is 5.73 Å². The van der Waals surface area contributed by atoms with E-state index in [2.05, 4.69) is 55.4 Å². The van der Waals surface area contributed by atoms with Gasteiger partial charge in [-0.1, -0.05) is 32.9 Å². The van der Waals surface area contributed by atoms with Crippen LogP contribution in [0, 0.1) is 18.8 Å². The molecule has 0 saturated carbocycles. The molecule has 1 heterocycles. The van der Waals surface area contributed by atoms with Crippen molar-refractivity contribution in [3.05, 3.63) is 23.8 Å². The van der Waals surface area contributed by atoms with Crippen LogP contribution in [-0.4, -0.2) is 9.55 Å². The molecule has 0 bridgehead atoms. The van der Waals surface area contributed by atoms with Crippen molar-refractivity contribution in [3.63, 3.8) is 0 Å². The first-order valence-corrected chi connectivity index (χ1v) is 6.22. The molecule has 3 heteroatoms. The molecule has 0 aliphatic carbocycles. The molecule has 0 radical (unpaired) electrons. The van der Waals surface area contributed by atoms with E-state index in [4.69, 9.17) is 5.73 Å². The molecule has 0 aliphatic rings. The topological polar surface area (TPSA) is 43.8 Å². The number of imidazole rings is 1. The van der Waals surface area contributed by atoms with Gasteiger partial charge < -0.3 is 10.3 Å². The average Bonchev–Trinajstić information content (AvgIpc) is 2.58. The number of nitrogens with zero attached hydrogens (tertiary/aromatic N) is 2. The molecule has 0 fully saturated rings. The summed E-state index contributed by atoms with van der Waals surface area (Å²) in [4.78, 5) is 4.47. The van der Waals surface area contributed by atoms with Crippen LogP contribution in [-0.2, 0) is 6.54 Å². The fourth-order valence-electron chi connectivity index (χ4n) is 2.00. The van der Waals surface area contributed by atoms with Gasteiger partial charge in [-0.05, 0) is 30.4 Å². The van der Waals surface area contributed by atoms with Crippen LogP contribution in [0.25, 0.3) is 11.0 Å². The Morgan fingerprint density at radius 3 is 2.65 bits per heavy atom. The summed E-state index contributed by atoms with van der Waals surface area (Å²) in [7, 11) is 0. The summed E-state index contributed by atoms with van der Waals surface area (Å²) in [5.41, 5.74) is 9.38. The molecular weight excluding hydrogens is 210 g/mol. The number of aryl methyl sites for hydroxylation is 1. The van der Waals surface area contributed by atoms with Crippen molar-refractivity contribution in [3.8, 4) is 0 Å². The number of rotatable bonds is 3. The standard InChI is InChI=1S/C14H21N3/c1-9(2)11(4)8-17-12-7-5-6-10(3)13(12)16-14(17)15/h5-7,9,11H,8H2,1-4H3,(H2,15,16). The lowest BCUT2D eigenvalue weighted by Crippen LogP contribution is -2.14. The SMILES string of the molecule is Cc1cccc2c1nc(N)n2CC(C)C(C)C. The summed E-state index contributed by atoms with van der Waals surface area (Å²) in [5.74, 6) is 1.87. The van der Waals surface area contributed by atoms with Gasteiger partial charge in [0.25, 0.3) is 0 Å². The fourth-order valence-corrected chi connectivity index (χ4v) is 2.00. The third-order valence-electron chi connectivity index (χ3n) is 3.62. The Morgan fingerprint density at radius 1 is 1.29 bits per heavy atom. The number of fused-ring (bicyclic) bond motifs is 1. The number of para-hydroxylation sites is 1. The predicted octanol–water partition coefficient (Wildman–Crippen LogP) is 3.22. The number of aromatic nitrogens is 2. The summed E-state index contributed by atoms with van der Waals surface area (Å²) in [5, 5.41) is 0. The van der Waals surface area contributed by atoms with E-state index in [-0.39, 0.29) is 0 Å². The first-order chi connectivity index (χ1) is 8.00. The van der Waals surface area contributed by atoms with E-state index in [1.165, 1.54) is 5.56 Å². The molecule has 1 aromatic heterocycles. The lowest BCUT2D eigenvalue weighted by Gasteiger charge is -2.17. The van der Waals surface area contributed by atoms with Crippen molar-refractivity contribution in [2.24, 2.45) is 11.8 Å². The van der Waals surface area contributed by atoms with Crippen LogP contribution in [0.15, 0.2) is 18.2 Å². The minimum atomic E-state index is 0.593. The molecule has 0 aliphatic heterocycles. The first-order valence-electron chi connectivity index (χ1n) is 6.22. The highest BCUT2D eigenvalue weighted by Gasteiger charge is 2.14. The van der Waals surface area contributed by atoms with Crippen LogP contribution >= 0.6 is 0 Å². The van der Waals surface area contributed by atoms with Crippen LogP contribution in [0.1, 0.15) is 26.3 Å². The number of hydrogen-bond donors (Lipinski definition) is 1. The fraction of sp³-hybridized carbons (Fsp3) is 0.500. The molecule has 0 spiro atoms. The average molecular weight is 231 g/mol. The molecule has 1 atom stereocenters. The van der Waals surface area contributed by atoms with E-state index in [0.29, 0.717) is 17.8 Å². The number of benzene rings is 1. The van der Waals surface area contributed by atoms with Crippen molar-refractivity contribution in [2.75, 3.05) is 5.73 Å². The molecule has 17 heavy (non-hydrogen) atoms. The second kappa shape index (κ2) is 4.40. The van der Waals surface area contributed by atoms with Gasteiger partial charge in [0.05, 0.1) is 11.0 Å². The maximum absolute atomic E-state index is 6.02. The van der Waals surface area contributed by atoms with E-state index in [9.17, 15) is 0 Å². The predicted molar refractivity (Wildman–Crippen MR) is 72.9 cm³/mol. The van der Waals surface area contributed by atoms with Crippen molar-refractivity contribution in [1.82, 2.24) is 9.55 Å². The third-order valence-corrected chi connectivity index (χ3v) is 3.62. The molecule has 1 unspecified atom stereocenters. The van der Waals surface area contributed by atoms with Crippen LogP contribution in [0.4, 0.5) is 5.95 Å². The van der Waals surface area contributed by atoms with E-state index in [1.807, 2.05) is 0 Å². The zero-order valence-corrected chi connectivity index (χ0v) is 11.1. The molecule has 2 rings (SSSR count). The lowest BCUT2D eigenvalue weighted by atomic mass is 9.98. The summed E-state index contributed by atoms with van der Waals surface area (Å²) in [6.07, 6.45) is 0. The van der Waals surface area contributed by atoms with Gasteiger partial charge >= 0.3 is 0 Å². The molecule has 2 aromatic rings. The van der Waals surface area contributed by atoms with Crippen LogP contribution in [0.3, 0.4) is 0 Å². The normalized spacial score (nSPS) is 13.5. The zero-order valence-electron chi connectivity index (χ0n) is 11.1. The summed E-state index contributed by atoms with van der Waals surface area (Å²) in [6.45, 7) is 9.75. The smallest absolute Gasteiger partial charge is 0.201 e. The molecule has 0 saturated heterocycles. The molecule has 1 aromatic carbocycles. The highest BCUT2D eigenvalue weighted by Crippen LogP contribution is 2.23. The van der Waals surface area contributed by atoms with E-state index < -0.39 is 0 Å². The summed E-state index contributed by atoms with van der Waals surface area (Å²) >= 11 is 0. The second-order valence-corrected chi connectivity index (χ2v) is 5.24. The van der Waals surface area contributed by atoms with Gasteiger partial charge in [0.2, 0.25) is 5.95 Å². The van der Waals surface area contributed by atoms with Crippen LogP contribution in [0.5, 0.6) is 0 Å². The minimum Gasteiger partial charge on any atom is -0.369 e. The van der Waals surface area contributed by atoms with E-state index in [1.54, 1.807) is 0 Å². The maximum atomic E-state index is 6.02. The lowest BCUT2D eigenvalue weighted by molar-refractivity contribution is 0.371. The van der Waals surface area contributed by atoms with Gasteiger partial charge in [0.1, 0.15) is 0 Å². The largest absolute Gasteiger partial charge is 0.369 e. The number of nitrogens with two attached hydrogens (primary N) is 1. The quantitative estimate of drug-likeness (QED) is 0.881. The van der Waals surface area contributed by atoms with E-state index in [0.717, 1.165) is 17.6 Å². The Labute approximate surface area is 103 Å².